The standard InChI is InChI=1S/C26H28N6O7S/c1-26(2,3)39-25(35)32-31-24(34)18-10-8-17(9-11-18)14-28-23(33)20-12-13-22(27-15-20)30-29-16-19-6-4-5-7-21(19)40(36,37)38/h4-13,15H,14,16H2,1-3H3,(H,28,33)(H,31,34)(H,32,35)(H,36,37,38). The third-order valence-corrected chi connectivity index (χ3v) is 5.98. The predicted octanol–water partition coefficient (Wildman–Crippen LogP) is 3.71. The average molecular weight is 569 g/mol. The van der Waals surface area contributed by atoms with Gasteiger partial charge in [-0.1, -0.05) is 30.3 Å². The largest absolute Gasteiger partial charge is 0.443 e. The van der Waals surface area contributed by atoms with Crippen LogP contribution in [0.5, 0.6) is 0 Å². The lowest BCUT2D eigenvalue weighted by atomic mass is 10.1. The summed E-state index contributed by atoms with van der Waals surface area (Å²) in [5, 5.41) is 10.6. The normalized spacial score (nSPS) is 11.6. The fourth-order valence-electron chi connectivity index (χ4n) is 3.19. The van der Waals surface area contributed by atoms with E-state index in [1.54, 1.807) is 51.1 Å². The second kappa shape index (κ2) is 12.9. The van der Waals surface area contributed by atoms with Crippen LogP contribution >= 0.6 is 0 Å². The third kappa shape index (κ3) is 9.25. The number of amides is 3. The monoisotopic (exact) mass is 568 g/mol. The molecule has 0 aliphatic rings. The molecule has 0 aliphatic carbocycles. The van der Waals surface area contributed by atoms with Gasteiger partial charge in [0.1, 0.15) is 5.60 Å². The van der Waals surface area contributed by atoms with Crippen molar-refractivity contribution in [1.29, 1.82) is 0 Å². The maximum atomic E-state index is 12.5. The van der Waals surface area contributed by atoms with Gasteiger partial charge in [-0.15, -0.1) is 5.11 Å². The molecule has 0 atom stereocenters. The van der Waals surface area contributed by atoms with E-state index in [0.29, 0.717) is 5.56 Å². The molecule has 13 nitrogen and oxygen atoms in total. The Morgan fingerprint density at radius 3 is 2.23 bits per heavy atom. The molecular formula is C26H28N6O7S. The molecule has 1 heterocycles. The Balaban J connectivity index is 1.49. The first-order valence-corrected chi connectivity index (χ1v) is 13.3. The molecule has 0 spiro atoms. The number of ether oxygens (including phenoxy) is 1. The quantitative estimate of drug-likeness (QED) is 0.180. The molecule has 2 aromatic carbocycles. The second-order valence-electron chi connectivity index (χ2n) is 9.35. The van der Waals surface area contributed by atoms with Gasteiger partial charge in [0.25, 0.3) is 21.9 Å². The summed E-state index contributed by atoms with van der Waals surface area (Å²) in [6, 6.07) is 15.3. The SMILES string of the molecule is CC(C)(C)OC(=O)NNC(=O)c1ccc(CNC(=O)c2ccc(N=NCc3ccccc3S(=O)(=O)O)nc2)cc1. The highest BCUT2D eigenvalue weighted by Crippen LogP contribution is 2.17. The molecule has 210 valence electrons. The number of carbonyl (C=O) groups is 3. The van der Waals surface area contributed by atoms with Crippen LogP contribution in [0.3, 0.4) is 0 Å². The number of benzene rings is 2. The van der Waals surface area contributed by atoms with E-state index >= 15 is 0 Å². The highest BCUT2D eigenvalue weighted by atomic mass is 32.2. The molecule has 0 bridgehead atoms. The van der Waals surface area contributed by atoms with Crippen LogP contribution in [0.1, 0.15) is 52.6 Å². The van der Waals surface area contributed by atoms with Crippen LogP contribution < -0.4 is 16.2 Å². The number of nitrogens with one attached hydrogen (secondary N) is 3. The number of aromatic nitrogens is 1. The van der Waals surface area contributed by atoms with Crippen molar-refractivity contribution in [1.82, 2.24) is 21.2 Å². The lowest BCUT2D eigenvalue weighted by Gasteiger charge is -2.19. The predicted molar refractivity (Wildman–Crippen MR) is 143 cm³/mol. The topological polar surface area (TPSA) is 189 Å². The van der Waals surface area contributed by atoms with Crippen LogP contribution in [-0.2, 0) is 27.9 Å². The first-order chi connectivity index (χ1) is 18.8. The highest BCUT2D eigenvalue weighted by Gasteiger charge is 2.17. The summed E-state index contributed by atoms with van der Waals surface area (Å²) in [5.74, 6) is -0.718. The average Bonchev–Trinajstić information content (AvgIpc) is 2.90. The van der Waals surface area contributed by atoms with Gasteiger partial charge in [0.15, 0.2) is 5.82 Å². The van der Waals surface area contributed by atoms with E-state index in [9.17, 15) is 27.4 Å². The van der Waals surface area contributed by atoms with Gasteiger partial charge in [-0.3, -0.25) is 19.6 Å². The summed E-state index contributed by atoms with van der Waals surface area (Å²) in [6.07, 6.45) is 0.535. The van der Waals surface area contributed by atoms with Gasteiger partial charge >= 0.3 is 6.09 Å². The minimum Gasteiger partial charge on any atom is -0.443 e. The molecule has 0 radical (unpaired) electrons. The van der Waals surface area contributed by atoms with Gasteiger partial charge in [0, 0.05) is 18.3 Å². The molecule has 0 saturated heterocycles. The van der Waals surface area contributed by atoms with Gasteiger partial charge in [0.05, 0.1) is 17.0 Å². The summed E-state index contributed by atoms with van der Waals surface area (Å²) < 4.78 is 37.3. The maximum absolute atomic E-state index is 12.5. The smallest absolute Gasteiger partial charge is 0.426 e. The minimum atomic E-state index is -4.38. The van der Waals surface area contributed by atoms with Crippen molar-refractivity contribution >= 4 is 33.8 Å². The van der Waals surface area contributed by atoms with E-state index < -0.39 is 27.7 Å². The first kappa shape index (κ1) is 29.9. The lowest BCUT2D eigenvalue weighted by molar-refractivity contribution is 0.0483. The molecule has 40 heavy (non-hydrogen) atoms. The Morgan fingerprint density at radius 2 is 1.60 bits per heavy atom. The zero-order valence-electron chi connectivity index (χ0n) is 21.9. The number of azo groups is 1. The third-order valence-electron chi connectivity index (χ3n) is 5.02. The maximum Gasteiger partial charge on any atom is 0.426 e. The van der Waals surface area contributed by atoms with E-state index in [1.165, 1.54) is 36.5 Å². The fourth-order valence-corrected chi connectivity index (χ4v) is 3.91. The van der Waals surface area contributed by atoms with Gasteiger partial charge in [-0.2, -0.15) is 13.5 Å². The Morgan fingerprint density at radius 1 is 0.925 bits per heavy atom. The van der Waals surface area contributed by atoms with Crippen molar-refractivity contribution in [2.45, 2.75) is 44.4 Å². The molecule has 3 aromatic rings. The Bertz CT molecular complexity index is 1500. The molecule has 14 heteroatoms. The summed E-state index contributed by atoms with van der Waals surface area (Å²) in [7, 11) is -4.38. The van der Waals surface area contributed by atoms with Gasteiger partial charge in [0.2, 0.25) is 0 Å². The molecule has 0 aliphatic heterocycles. The lowest BCUT2D eigenvalue weighted by Crippen LogP contribution is -2.44. The van der Waals surface area contributed by atoms with Crippen molar-refractivity contribution in [3.63, 3.8) is 0 Å². The van der Waals surface area contributed by atoms with Crippen molar-refractivity contribution < 1.29 is 32.1 Å². The summed E-state index contributed by atoms with van der Waals surface area (Å²) in [4.78, 5) is 40.1. The van der Waals surface area contributed by atoms with Crippen molar-refractivity contribution in [3.05, 3.63) is 89.1 Å². The number of rotatable bonds is 8. The Labute approximate surface area is 230 Å². The minimum absolute atomic E-state index is 0.0966. The van der Waals surface area contributed by atoms with Crippen LogP contribution in [-0.4, -0.2) is 41.5 Å². The zero-order chi connectivity index (χ0) is 29.3. The summed E-state index contributed by atoms with van der Waals surface area (Å²) in [6.45, 7) is 5.19. The second-order valence-corrected chi connectivity index (χ2v) is 10.7. The Kier molecular flexibility index (Phi) is 9.63. The molecular weight excluding hydrogens is 540 g/mol. The number of hydrazine groups is 1. The van der Waals surface area contributed by atoms with E-state index in [-0.39, 0.29) is 40.8 Å². The van der Waals surface area contributed by atoms with Gasteiger partial charge in [-0.25, -0.2) is 15.2 Å². The number of carbonyl (C=O) groups excluding carboxylic acids is 3. The highest BCUT2D eigenvalue weighted by molar-refractivity contribution is 7.85. The van der Waals surface area contributed by atoms with Gasteiger partial charge < -0.3 is 10.1 Å². The van der Waals surface area contributed by atoms with Crippen LogP contribution in [0.2, 0.25) is 0 Å². The van der Waals surface area contributed by atoms with E-state index in [2.05, 4.69) is 31.4 Å². The van der Waals surface area contributed by atoms with E-state index in [4.69, 9.17) is 4.74 Å². The molecule has 0 saturated carbocycles. The summed E-state index contributed by atoms with van der Waals surface area (Å²) in [5.41, 5.74) is 5.30. The number of hydrogen-bond donors (Lipinski definition) is 4. The van der Waals surface area contributed by atoms with Crippen LogP contribution in [0.15, 0.2) is 82.0 Å². The molecule has 0 fully saturated rings. The molecule has 3 rings (SSSR count). The molecule has 0 unspecified atom stereocenters. The molecule has 4 N–H and O–H groups in total. The number of pyridine rings is 1. The van der Waals surface area contributed by atoms with Crippen LogP contribution in [0.25, 0.3) is 0 Å². The molecule has 3 amide bonds. The number of nitrogens with zero attached hydrogens (tertiary/aromatic N) is 3. The van der Waals surface area contributed by atoms with Crippen molar-refractivity contribution in [2.75, 3.05) is 0 Å². The van der Waals surface area contributed by atoms with Crippen molar-refractivity contribution in [3.8, 4) is 0 Å². The fraction of sp³-hybridized carbons (Fsp3) is 0.231. The van der Waals surface area contributed by atoms with E-state index in [0.717, 1.165) is 5.56 Å². The Hall–Kier alpha value is -4.69. The van der Waals surface area contributed by atoms with Crippen LogP contribution in [0.4, 0.5) is 10.6 Å². The molecule has 1 aromatic heterocycles. The van der Waals surface area contributed by atoms with E-state index in [1.807, 2.05) is 0 Å². The first-order valence-electron chi connectivity index (χ1n) is 11.9. The number of hydrogen-bond acceptors (Lipinski definition) is 9. The summed E-state index contributed by atoms with van der Waals surface area (Å²) >= 11 is 0. The van der Waals surface area contributed by atoms with Crippen molar-refractivity contribution in [2.24, 2.45) is 10.2 Å². The van der Waals surface area contributed by atoms with Crippen LogP contribution in [0, 0.1) is 0 Å². The zero-order valence-corrected chi connectivity index (χ0v) is 22.7. The van der Waals surface area contributed by atoms with Gasteiger partial charge in [-0.05, 0) is 62.2 Å².